The highest BCUT2D eigenvalue weighted by Gasteiger charge is 2.34. The van der Waals surface area contributed by atoms with Crippen molar-refractivity contribution >= 4 is 45.8 Å². The molecule has 0 radical (unpaired) electrons. The molecule has 1 aliphatic rings. The summed E-state index contributed by atoms with van der Waals surface area (Å²) in [6.45, 7) is 3.51. The van der Waals surface area contributed by atoms with E-state index < -0.39 is 11.9 Å². The summed E-state index contributed by atoms with van der Waals surface area (Å²) in [6.07, 6.45) is -0.356. The first kappa shape index (κ1) is 26.7. The molecular weight excluding hydrogens is 507 g/mol. The highest BCUT2D eigenvalue weighted by Crippen LogP contribution is 2.35. The van der Waals surface area contributed by atoms with Crippen molar-refractivity contribution in [1.82, 2.24) is 15.3 Å². The van der Waals surface area contributed by atoms with Gasteiger partial charge in [-0.3, -0.25) is 9.59 Å². The Morgan fingerprint density at radius 2 is 1.84 bits per heavy atom. The molecule has 2 amide bonds. The van der Waals surface area contributed by atoms with Crippen LogP contribution >= 0.6 is 11.6 Å². The van der Waals surface area contributed by atoms with E-state index >= 15 is 0 Å². The third kappa shape index (κ3) is 6.68. The number of carbonyl (C=O) groups excluding carboxylic acids is 2. The minimum absolute atomic E-state index is 0.164. The molecule has 0 aliphatic heterocycles. The Labute approximate surface area is 217 Å². The Balaban J connectivity index is 1.47. The molecule has 2 atom stereocenters. The number of rotatable bonds is 6. The maximum absolute atomic E-state index is 13.5. The number of carbonyl (C=O) groups is 2. The van der Waals surface area contributed by atoms with Crippen molar-refractivity contribution in [1.29, 1.82) is 0 Å². The molecule has 1 aliphatic carbocycles. The maximum Gasteiger partial charge on any atom is 0.433 e. The van der Waals surface area contributed by atoms with Crippen molar-refractivity contribution in [2.75, 3.05) is 10.6 Å². The summed E-state index contributed by atoms with van der Waals surface area (Å²) in [5.74, 6) is -0.455. The van der Waals surface area contributed by atoms with Gasteiger partial charge >= 0.3 is 6.18 Å². The van der Waals surface area contributed by atoms with Crippen LogP contribution in [0.1, 0.15) is 55.6 Å². The fourth-order valence-electron chi connectivity index (χ4n) is 4.31. The van der Waals surface area contributed by atoms with Crippen molar-refractivity contribution < 1.29 is 22.8 Å². The molecule has 3 N–H and O–H groups in total. The number of nitrogens with zero attached hydrogens (tertiary/aromatic N) is 2. The third-order valence-corrected chi connectivity index (χ3v) is 6.46. The average molecular weight is 534 g/mol. The molecule has 1 aromatic carbocycles. The van der Waals surface area contributed by atoms with Gasteiger partial charge < -0.3 is 16.0 Å². The van der Waals surface area contributed by atoms with E-state index in [0.717, 1.165) is 25.3 Å². The van der Waals surface area contributed by atoms with E-state index in [9.17, 15) is 22.8 Å². The van der Waals surface area contributed by atoms with Gasteiger partial charge in [-0.2, -0.15) is 13.2 Å². The minimum atomic E-state index is -4.59. The van der Waals surface area contributed by atoms with Crippen molar-refractivity contribution in [2.45, 2.75) is 57.8 Å². The van der Waals surface area contributed by atoms with Crippen LogP contribution in [0.3, 0.4) is 0 Å². The van der Waals surface area contributed by atoms with Crippen LogP contribution in [0.5, 0.6) is 0 Å². The van der Waals surface area contributed by atoms with Crippen molar-refractivity contribution in [3.8, 4) is 0 Å². The summed E-state index contributed by atoms with van der Waals surface area (Å²) in [5, 5.41) is 9.81. The fourth-order valence-corrected chi connectivity index (χ4v) is 4.49. The molecule has 2 heterocycles. The number of hydrogen-bond acceptors (Lipinski definition) is 5. The largest absolute Gasteiger partial charge is 0.433 e. The molecule has 0 bridgehead atoms. The second kappa shape index (κ2) is 10.9. The zero-order valence-corrected chi connectivity index (χ0v) is 21.1. The number of alkyl halides is 3. The van der Waals surface area contributed by atoms with Crippen molar-refractivity contribution in [3.63, 3.8) is 0 Å². The average Bonchev–Trinajstić information content (AvgIpc) is 2.84. The van der Waals surface area contributed by atoms with Crippen molar-refractivity contribution in [2.24, 2.45) is 5.92 Å². The van der Waals surface area contributed by atoms with Crippen LogP contribution < -0.4 is 16.0 Å². The number of anilines is 2. The standard InChI is InChI=1S/C26H27ClF3N5O2/c1-14(2)24(36)35-23-10-15(8-9-31-23)25(37)33-18-5-3-4-17(12-18)32-21-13-22(26(28,29)30)34-20-7-6-16(27)11-19(20)21/h6-11,13-14,17-18H,3-5,12H2,1-2H3,(H,32,34)(H,33,37)(H,31,35,36)/t17-,18+/m0/s1. The predicted octanol–water partition coefficient (Wildman–Crippen LogP) is 6.05. The zero-order chi connectivity index (χ0) is 26.7. The van der Waals surface area contributed by atoms with Gasteiger partial charge in [0.1, 0.15) is 11.5 Å². The first-order chi connectivity index (χ1) is 17.5. The third-order valence-electron chi connectivity index (χ3n) is 6.23. The first-order valence-corrected chi connectivity index (χ1v) is 12.4. The highest BCUT2D eigenvalue weighted by atomic mass is 35.5. The molecule has 37 heavy (non-hydrogen) atoms. The van der Waals surface area contributed by atoms with Gasteiger partial charge in [0.25, 0.3) is 5.91 Å². The van der Waals surface area contributed by atoms with E-state index in [1.54, 1.807) is 26.0 Å². The molecule has 0 unspecified atom stereocenters. The van der Waals surface area contributed by atoms with Crippen LogP contribution in [-0.2, 0) is 11.0 Å². The molecule has 11 heteroatoms. The molecule has 1 saturated carbocycles. The SMILES string of the molecule is CC(C)C(=O)Nc1cc(C(=O)N[C@@H]2CCC[C@H](Nc3cc(C(F)(F)F)nc4ccc(Cl)cc34)C2)ccn1. The zero-order valence-electron chi connectivity index (χ0n) is 20.3. The monoisotopic (exact) mass is 533 g/mol. The number of halogens is 4. The van der Waals surface area contributed by atoms with Crippen LogP contribution in [0.2, 0.25) is 5.02 Å². The van der Waals surface area contributed by atoms with Gasteiger partial charge in [0.15, 0.2) is 0 Å². The molecule has 0 saturated heterocycles. The molecule has 1 fully saturated rings. The number of hydrogen-bond donors (Lipinski definition) is 3. The normalized spacial score (nSPS) is 18.0. The van der Waals surface area contributed by atoms with E-state index in [4.69, 9.17) is 11.6 Å². The van der Waals surface area contributed by atoms with Gasteiger partial charge in [-0.15, -0.1) is 0 Å². The summed E-state index contributed by atoms with van der Waals surface area (Å²) in [5.41, 5.74) is -0.130. The summed E-state index contributed by atoms with van der Waals surface area (Å²) >= 11 is 6.10. The van der Waals surface area contributed by atoms with Gasteiger partial charge in [-0.1, -0.05) is 25.4 Å². The fraction of sp³-hybridized carbons (Fsp3) is 0.385. The number of fused-ring (bicyclic) bond motifs is 1. The quantitative estimate of drug-likeness (QED) is 0.358. The van der Waals surface area contributed by atoms with Crippen LogP contribution in [0, 0.1) is 5.92 Å². The smallest absolute Gasteiger partial charge is 0.382 e. The lowest BCUT2D eigenvalue weighted by Gasteiger charge is -2.31. The summed E-state index contributed by atoms with van der Waals surface area (Å²) < 4.78 is 40.4. The second-order valence-corrected chi connectivity index (χ2v) is 9.90. The van der Waals surface area contributed by atoms with Gasteiger partial charge in [0.2, 0.25) is 5.91 Å². The minimum Gasteiger partial charge on any atom is -0.382 e. The molecule has 4 rings (SSSR count). The molecule has 2 aromatic heterocycles. The lowest BCUT2D eigenvalue weighted by molar-refractivity contribution is -0.140. The van der Waals surface area contributed by atoms with Crippen LogP contribution in [-0.4, -0.2) is 33.9 Å². The summed E-state index contributed by atoms with van der Waals surface area (Å²) in [4.78, 5) is 32.7. The molecule has 3 aromatic rings. The van der Waals surface area contributed by atoms with Crippen LogP contribution in [0.15, 0.2) is 42.6 Å². The number of nitrogens with one attached hydrogen (secondary N) is 3. The van der Waals surface area contributed by atoms with Gasteiger partial charge in [-0.25, -0.2) is 9.97 Å². The molecule has 196 valence electrons. The lowest BCUT2D eigenvalue weighted by atomic mass is 9.90. The van der Waals surface area contributed by atoms with Crippen molar-refractivity contribution in [3.05, 3.63) is 58.9 Å². The van der Waals surface area contributed by atoms with E-state index in [1.807, 2.05) is 0 Å². The van der Waals surface area contributed by atoms with Gasteiger partial charge in [-0.05, 0) is 62.1 Å². The van der Waals surface area contributed by atoms with Crippen LogP contribution in [0.4, 0.5) is 24.7 Å². The van der Waals surface area contributed by atoms with E-state index in [1.165, 1.54) is 24.4 Å². The maximum atomic E-state index is 13.5. The predicted molar refractivity (Wildman–Crippen MR) is 137 cm³/mol. The first-order valence-electron chi connectivity index (χ1n) is 12.0. The van der Waals surface area contributed by atoms with E-state index in [2.05, 4.69) is 25.9 Å². The lowest BCUT2D eigenvalue weighted by Crippen LogP contribution is -2.41. The molecule has 7 nitrogen and oxygen atoms in total. The van der Waals surface area contributed by atoms with Gasteiger partial charge in [0, 0.05) is 45.9 Å². The van der Waals surface area contributed by atoms with Gasteiger partial charge in [0.05, 0.1) is 5.52 Å². The van der Waals surface area contributed by atoms with Crippen LogP contribution in [0.25, 0.3) is 10.9 Å². The van der Waals surface area contributed by atoms with E-state index in [0.29, 0.717) is 33.9 Å². The number of amides is 2. The molecular formula is C26H27ClF3N5O2. The Kier molecular flexibility index (Phi) is 7.87. The number of benzene rings is 1. The Bertz CT molecular complexity index is 1320. The van der Waals surface area contributed by atoms with E-state index in [-0.39, 0.29) is 35.3 Å². The Hall–Kier alpha value is -3.40. The second-order valence-electron chi connectivity index (χ2n) is 9.47. The summed E-state index contributed by atoms with van der Waals surface area (Å²) in [6, 6.07) is 8.30. The number of aromatic nitrogens is 2. The number of pyridine rings is 2. The molecule has 0 spiro atoms. The summed E-state index contributed by atoms with van der Waals surface area (Å²) in [7, 11) is 0. The highest BCUT2D eigenvalue weighted by molar-refractivity contribution is 6.31. The Morgan fingerprint density at radius 1 is 1.08 bits per heavy atom. The topological polar surface area (TPSA) is 96.0 Å². The Morgan fingerprint density at radius 3 is 2.57 bits per heavy atom.